The Hall–Kier alpha value is -0.830. The number of carbonyl (C=O) groups excluding carboxylic acids is 1. The highest BCUT2D eigenvalue weighted by Gasteiger charge is 2.14. The maximum Gasteiger partial charge on any atom is 0.244 e. The lowest BCUT2D eigenvalue weighted by Crippen LogP contribution is -2.44. The molecular formula is C11H22N2O. The van der Waals surface area contributed by atoms with Gasteiger partial charge in [0.15, 0.2) is 0 Å². The second-order valence-electron chi connectivity index (χ2n) is 4.12. The van der Waals surface area contributed by atoms with Gasteiger partial charge in [-0.05, 0) is 39.4 Å². The highest BCUT2D eigenvalue weighted by atomic mass is 16.1. The SMILES string of the molecule is CC=CC(=O)NC(CC(C)C)N(C)C. The zero-order valence-electron chi connectivity index (χ0n) is 9.87. The van der Waals surface area contributed by atoms with E-state index in [1.165, 1.54) is 0 Å². The molecule has 0 fully saturated rings. The zero-order chi connectivity index (χ0) is 11.1. The van der Waals surface area contributed by atoms with E-state index in [1.54, 1.807) is 12.2 Å². The Labute approximate surface area is 87.2 Å². The Balaban J connectivity index is 4.16. The standard InChI is InChI=1S/C11H22N2O/c1-6-7-11(14)12-10(13(4)5)8-9(2)3/h6-7,9-10H,8H2,1-5H3,(H,12,14). The summed E-state index contributed by atoms with van der Waals surface area (Å²) >= 11 is 0. The molecule has 0 heterocycles. The number of nitrogens with one attached hydrogen (secondary N) is 1. The molecule has 0 aromatic heterocycles. The van der Waals surface area contributed by atoms with Gasteiger partial charge in [-0.15, -0.1) is 0 Å². The molecule has 0 aliphatic carbocycles. The van der Waals surface area contributed by atoms with Crippen LogP contribution in [0.25, 0.3) is 0 Å². The van der Waals surface area contributed by atoms with Crippen LogP contribution < -0.4 is 5.32 Å². The topological polar surface area (TPSA) is 32.3 Å². The lowest BCUT2D eigenvalue weighted by Gasteiger charge is -2.26. The quantitative estimate of drug-likeness (QED) is 0.538. The van der Waals surface area contributed by atoms with Crippen LogP contribution in [0, 0.1) is 5.92 Å². The summed E-state index contributed by atoms with van der Waals surface area (Å²) in [5.74, 6) is 0.556. The molecule has 0 aliphatic rings. The van der Waals surface area contributed by atoms with Gasteiger partial charge in [-0.1, -0.05) is 19.9 Å². The molecule has 14 heavy (non-hydrogen) atoms. The van der Waals surface area contributed by atoms with Gasteiger partial charge in [0.1, 0.15) is 0 Å². The van der Waals surface area contributed by atoms with Crippen molar-refractivity contribution in [2.24, 2.45) is 5.92 Å². The lowest BCUT2D eigenvalue weighted by molar-refractivity contribution is -0.118. The molecule has 0 rings (SSSR count). The largest absolute Gasteiger partial charge is 0.337 e. The Morgan fingerprint density at radius 2 is 2.00 bits per heavy atom. The molecule has 0 aromatic rings. The molecule has 0 bridgehead atoms. The van der Waals surface area contributed by atoms with E-state index in [0.717, 1.165) is 6.42 Å². The van der Waals surface area contributed by atoms with Crippen molar-refractivity contribution in [3.05, 3.63) is 12.2 Å². The van der Waals surface area contributed by atoms with Gasteiger partial charge in [0, 0.05) is 0 Å². The van der Waals surface area contributed by atoms with Crippen molar-refractivity contribution >= 4 is 5.91 Å². The van der Waals surface area contributed by atoms with Gasteiger partial charge in [-0.3, -0.25) is 9.69 Å². The van der Waals surface area contributed by atoms with E-state index in [-0.39, 0.29) is 12.1 Å². The third kappa shape index (κ3) is 5.75. The minimum absolute atomic E-state index is 0.0214. The molecule has 3 heteroatoms. The van der Waals surface area contributed by atoms with Gasteiger partial charge in [-0.2, -0.15) is 0 Å². The lowest BCUT2D eigenvalue weighted by atomic mass is 10.1. The number of rotatable bonds is 5. The first-order valence-corrected chi connectivity index (χ1v) is 5.07. The second kappa shape index (κ2) is 6.60. The van der Waals surface area contributed by atoms with Gasteiger partial charge < -0.3 is 5.32 Å². The van der Waals surface area contributed by atoms with E-state index in [9.17, 15) is 4.79 Å². The molecule has 0 saturated heterocycles. The minimum Gasteiger partial charge on any atom is -0.337 e. The van der Waals surface area contributed by atoms with Crippen molar-refractivity contribution in [2.75, 3.05) is 14.1 Å². The van der Waals surface area contributed by atoms with Crippen LogP contribution in [0.3, 0.4) is 0 Å². The van der Waals surface area contributed by atoms with Crippen LogP contribution in [0.2, 0.25) is 0 Å². The Kier molecular flexibility index (Phi) is 6.21. The zero-order valence-corrected chi connectivity index (χ0v) is 9.87. The van der Waals surface area contributed by atoms with Crippen LogP contribution in [0.5, 0.6) is 0 Å². The summed E-state index contributed by atoms with van der Waals surface area (Å²) in [6, 6.07) is 0. The second-order valence-corrected chi connectivity index (χ2v) is 4.12. The summed E-state index contributed by atoms with van der Waals surface area (Å²) in [5.41, 5.74) is 0. The van der Waals surface area contributed by atoms with Crippen LogP contribution in [0.15, 0.2) is 12.2 Å². The summed E-state index contributed by atoms with van der Waals surface area (Å²) in [6.45, 7) is 6.14. The summed E-state index contributed by atoms with van der Waals surface area (Å²) < 4.78 is 0. The molecule has 3 nitrogen and oxygen atoms in total. The molecule has 1 amide bonds. The Morgan fingerprint density at radius 3 is 2.36 bits per heavy atom. The fraction of sp³-hybridized carbons (Fsp3) is 0.727. The molecule has 1 unspecified atom stereocenters. The summed E-state index contributed by atoms with van der Waals surface area (Å²) in [7, 11) is 3.95. The molecule has 0 aliphatic heterocycles. The number of allylic oxidation sites excluding steroid dienone is 1. The molecule has 0 aromatic carbocycles. The number of hydrogen-bond donors (Lipinski definition) is 1. The van der Waals surface area contributed by atoms with Crippen molar-refractivity contribution in [3.8, 4) is 0 Å². The Bertz CT molecular complexity index is 197. The van der Waals surface area contributed by atoms with E-state index in [4.69, 9.17) is 0 Å². The van der Waals surface area contributed by atoms with E-state index in [0.29, 0.717) is 5.92 Å². The molecular weight excluding hydrogens is 176 g/mol. The third-order valence-electron chi connectivity index (χ3n) is 1.94. The van der Waals surface area contributed by atoms with Gasteiger partial charge in [0.05, 0.1) is 6.17 Å². The normalized spacial score (nSPS) is 13.9. The Morgan fingerprint density at radius 1 is 1.43 bits per heavy atom. The predicted molar refractivity (Wildman–Crippen MR) is 59.9 cm³/mol. The highest BCUT2D eigenvalue weighted by Crippen LogP contribution is 2.06. The predicted octanol–water partition coefficient (Wildman–Crippen LogP) is 1.61. The van der Waals surface area contributed by atoms with E-state index < -0.39 is 0 Å². The number of carbonyl (C=O) groups is 1. The average Bonchev–Trinajstić information content (AvgIpc) is 2.02. The molecule has 1 atom stereocenters. The summed E-state index contributed by atoms with van der Waals surface area (Å²) in [5, 5.41) is 2.95. The fourth-order valence-electron chi connectivity index (χ4n) is 1.21. The average molecular weight is 198 g/mol. The maximum atomic E-state index is 11.3. The van der Waals surface area contributed by atoms with E-state index in [1.807, 2.05) is 25.9 Å². The molecule has 0 radical (unpaired) electrons. The van der Waals surface area contributed by atoms with Gasteiger partial charge in [-0.25, -0.2) is 0 Å². The molecule has 1 N–H and O–H groups in total. The van der Waals surface area contributed by atoms with Crippen molar-refractivity contribution in [1.82, 2.24) is 10.2 Å². The smallest absolute Gasteiger partial charge is 0.244 e. The van der Waals surface area contributed by atoms with Crippen molar-refractivity contribution < 1.29 is 4.79 Å². The van der Waals surface area contributed by atoms with Crippen molar-refractivity contribution in [1.29, 1.82) is 0 Å². The van der Waals surface area contributed by atoms with Crippen molar-refractivity contribution in [3.63, 3.8) is 0 Å². The van der Waals surface area contributed by atoms with Crippen LogP contribution in [0.4, 0.5) is 0 Å². The maximum absolute atomic E-state index is 11.3. The van der Waals surface area contributed by atoms with Crippen LogP contribution in [-0.2, 0) is 4.79 Å². The summed E-state index contributed by atoms with van der Waals surface area (Å²) in [6.07, 6.45) is 4.39. The number of hydrogen-bond acceptors (Lipinski definition) is 2. The first kappa shape index (κ1) is 13.2. The van der Waals surface area contributed by atoms with Gasteiger partial charge in [0.2, 0.25) is 5.91 Å². The molecule has 0 spiro atoms. The van der Waals surface area contributed by atoms with Crippen molar-refractivity contribution in [2.45, 2.75) is 33.4 Å². The van der Waals surface area contributed by atoms with Crippen LogP contribution in [0.1, 0.15) is 27.2 Å². The van der Waals surface area contributed by atoms with Gasteiger partial charge >= 0.3 is 0 Å². The van der Waals surface area contributed by atoms with E-state index >= 15 is 0 Å². The van der Waals surface area contributed by atoms with E-state index in [2.05, 4.69) is 19.2 Å². The third-order valence-corrected chi connectivity index (χ3v) is 1.94. The van der Waals surface area contributed by atoms with Crippen LogP contribution in [-0.4, -0.2) is 31.1 Å². The first-order valence-electron chi connectivity index (χ1n) is 5.07. The summed E-state index contributed by atoms with van der Waals surface area (Å²) in [4.78, 5) is 13.3. The minimum atomic E-state index is -0.0214. The van der Waals surface area contributed by atoms with Crippen LogP contribution >= 0.6 is 0 Å². The highest BCUT2D eigenvalue weighted by molar-refractivity contribution is 5.87. The van der Waals surface area contributed by atoms with Gasteiger partial charge in [0.25, 0.3) is 0 Å². The molecule has 82 valence electrons. The monoisotopic (exact) mass is 198 g/mol. The number of nitrogens with zero attached hydrogens (tertiary/aromatic N) is 1. The fourth-order valence-corrected chi connectivity index (χ4v) is 1.21. The number of amides is 1. The molecule has 0 saturated carbocycles. The first-order chi connectivity index (χ1) is 6.47.